The summed E-state index contributed by atoms with van der Waals surface area (Å²) >= 11 is 0. The number of methoxy groups -OCH3 is 1. The van der Waals surface area contributed by atoms with Gasteiger partial charge in [0.05, 0.1) is 30.0 Å². The summed E-state index contributed by atoms with van der Waals surface area (Å²) in [7, 11) is 3.30. The minimum absolute atomic E-state index is 0.00723. The first-order valence-corrected chi connectivity index (χ1v) is 21.9. The molecule has 3 saturated heterocycles. The number of hydrogen-bond acceptors (Lipinski definition) is 12. The van der Waals surface area contributed by atoms with Gasteiger partial charge < -0.3 is 38.6 Å². The van der Waals surface area contributed by atoms with Gasteiger partial charge in [-0.3, -0.25) is 14.3 Å². The van der Waals surface area contributed by atoms with Crippen molar-refractivity contribution in [3.63, 3.8) is 0 Å². The van der Waals surface area contributed by atoms with E-state index in [4.69, 9.17) is 23.7 Å². The molecular weight excluding hydrogens is 788 g/mol. The minimum atomic E-state index is -3.19. The molecule has 1 N–H and O–H groups in total. The standard InChI is InChI=1S/C46H69FN4O10/c1-13-35-45(9)37(51(42(56)61-45)23-19-18-22-50-27-33(26-48-50)32-20-16-15-17-21-32)30(5)36(52)28(3)25-43(7,57-12)40(31(6)38(53)44(8,47)41(55)58-35)60-46(10)39(54)34(49(11)14-2)24-29(4)59-46/h15-17,20-21,26-31,34-35,37,39-40,54H,13-14,18-19,22-25H2,1-12H3/t28-,29-,30+,31+,34+,35-,37-,39-,40-,43-,44+,45-,46+/m1/s1. The summed E-state index contributed by atoms with van der Waals surface area (Å²) < 4.78 is 50.1. The summed E-state index contributed by atoms with van der Waals surface area (Å²) in [5.41, 5.74) is -4.21. The molecule has 2 aromatic rings. The first kappa shape index (κ1) is 48.3. The number of aliphatic hydroxyl groups is 1. The first-order chi connectivity index (χ1) is 28.6. The quantitative estimate of drug-likeness (QED) is 0.142. The van der Waals surface area contributed by atoms with Crippen LogP contribution in [0.4, 0.5) is 9.18 Å². The number of unbranched alkanes of at least 4 members (excludes halogenated alkanes) is 1. The zero-order valence-electron chi connectivity index (χ0n) is 38.2. The van der Waals surface area contributed by atoms with Crippen molar-refractivity contribution >= 4 is 23.6 Å². The lowest BCUT2D eigenvalue weighted by Gasteiger charge is -2.52. The van der Waals surface area contributed by atoms with Crippen LogP contribution < -0.4 is 0 Å². The molecule has 61 heavy (non-hydrogen) atoms. The third kappa shape index (κ3) is 9.61. The predicted octanol–water partition coefficient (Wildman–Crippen LogP) is 6.41. The summed E-state index contributed by atoms with van der Waals surface area (Å²) in [4.78, 5) is 60.6. The van der Waals surface area contributed by atoms with E-state index in [0.29, 0.717) is 32.4 Å². The molecule has 13 atom stereocenters. The number of aromatic nitrogens is 2. The topological polar surface area (TPSA) is 159 Å². The number of benzene rings is 1. The number of rotatable bonds is 12. The average Bonchev–Trinajstić information content (AvgIpc) is 3.81. The Morgan fingerprint density at radius 3 is 2.25 bits per heavy atom. The van der Waals surface area contributed by atoms with Gasteiger partial charge in [-0.2, -0.15) is 5.10 Å². The Morgan fingerprint density at radius 1 is 0.967 bits per heavy atom. The smallest absolute Gasteiger partial charge is 0.410 e. The maximum Gasteiger partial charge on any atom is 0.410 e. The van der Waals surface area contributed by atoms with Crippen molar-refractivity contribution < 1.29 is 52.4 Å². The summed E-state index contributed by atoms with van der Waals surface area (Å²) in [6.45, 7) is 17.6. The van der Waals surface area contributed by atoms with Gasteiger partial charge in [0.1, 0.15) is 18.0 Å². The van der Waals surface area contributed by atoms with Gasteiger partial charge in [0.25, 0.3) is 5.67 Å². The maximum absolute atomic E-state index is 17.0. The van der Waals surface area contributed by atoms with Gasteiger partial charge in [-0.15, -0.1) is 0 Å². The highest BCUT2D eigenvalue weighted by molar-refractivity contribution is 6.08. The molecule has 3 fully saturated rings. The number of esters is 1. The Morgan fingerprint density at radius 2 is 1.62 bits per heavy atom. The van der Waals surface area contributed by atoms with E-state index in [1.54, 1.807) is 41.5 Å². The second kappa shape index (κ2) is 18.9. The Kier molecular flexibility index (Phi) is 15.0. The van der Waals surface area contributed by atoms with E-state index in [9.17, 15) is 24.3 Å². The average molecular weight is 857 g/mol. The summed E-state index contributed by atoms with van der Waals surface area (Å²) in [6.07, 6.45) is 0.728. The molecule has 340 valence electrons. The fourth-order valence-corrected chi connectivity index (χ4v) is 10.0. The Labute approximate surface area is 360 Å². The van der Waals surface area contributed by atoms with Crippen LogP contribution in [0.2, 0.25) is 0 Å². The Bertz CT molecular complexity index is 1860. The number of halogens is 1. The van der Waals surface area contributed by atoms with Crippen molar-refractivity contribution in [1.29, 1.82) is 0 Å². The number of ketones is 2. The number of aliphatic hydroxyl groups excluding tert-OH is 1. The molecular formula is C46H69FN4O10. The number of nitrogens with zero attached hydrogens (tertiary/aromatic N) is 4. The van der Waals surface area contributed by atoms with Crippen LogP contribution in [-0.4, -0.2) is 135 Å². The zero-order chi connectivity index (χ0) is 45.2. The van der Waals surface area contributed by atoms with Crippen molar-refractivity contribution in [1.82, 2.24) is 19.6 Å². The summed E-state index contributed by atoms with van der Waals surface area (Å²) in [5.74, 6) is -7.52. The van der Waals surface area contributed by atoms with Crippen LogP contribution in [0.15, 0.2) is 42.7 Å². The number of Topliss-reactive ketones (excluding diaryl/α,β-unsaturated/α-hetero) is 2. The van der Waals surface area contributed by atoms with Crippen LogP contribution >= 0.6 is 0 Å². The van der Waals surface area contributed by atoms with E-state index < -0.39 is 82.6 Å². The third-order valence-corrected chi connectivity index (χ3v) is 13.7. The highest BCUT2D eigenvalue weighted by Crippen LogP contribution is 2.45. The van der Waals surface area contributed by atoms with E-state index in [1.807, 2.05) is 73.2 Å². The third-order valence-electron chi connectivity index (χ3n) is 13.7. The second-order valence-corrected chi connectivity index (χ2v) is 18.3. The van der Waals surface area contributed by atoms with Crippen LogP contribution in [0.3, 0.4) is 0 Å². The molecule has 3 aliphatic heterocycles. The van der Waals surface area contributed by atoms with Gasteiger partial charge in [0.15, 0.2) is 17.2 Å². The number of aryl methyl sites for hydroxylation is 1. The van der Waals surface area contributed by atoms with Gasteiger partial charge in [-0.1, -0.05) is 65.0 Å². The van der Waals surface area contributed by atoms with Crippen LogP contribution in [0.1, 0.15) is 101 Å². The maximum atomic E-state index is 17.0. The van der Waals surface area contributed by atoms with Gasteiger partial charge in [-0.25, -0.2) is 14.0 Å². The molecule has 3 aliphatic rings. The van der Waals surface area contributed by atoms with Gasteiger partial charge in [0.2, 0.25) is 0 Å². The van der Waals surface area contributed by atoms with Crippen LogP contribution in [-0.2, 0) is 44.6 Å². The molecule has 1 aromatic carbocycles. The monoisotopic (exact) mass is 856 g/mol. The predicted molar refractivity (Wildman–Crippen MR) is 226 cm³/mol. The number of alkyl halides is 1. The molecule has 0 aliphatic carbocycles. The molecule has 0 spiro atoms. The van der Waals surface area contributed by atoms with Crippen molar-refractivity contribution in [2.75, 3.05) is 27.2 Å². The fraction of sp³-hybridized carbons (Fsp3) is 0.717. The van der Waals surface area contributed by atoms with Crippen molar-refractivity contribution in [2.45, 2.75) is 167 Å². The number of likely N-dealkylation sites (N-methyl/N-ethyl adjacent to an activating group) is 1. The van der Waals surface area contributed by atoms with Gasteiger partial charge in [-0.05, 0) is 85.9 Å². The lowest BCUT2D eigenvalue weighted by molar-refractivity contribution is -0.354. The number of amides is 1. The molecule has 1 aromatic heterocycles. The van der Waals surface area contributed by atoms with E-state index >= 15 is 4.39 Å². The zero-order valence-corrected chi connectivity index (χ0v) is 38.2. The van der Waals surface area contributed by atoms with Gasteiger partial charge >= 0.3 is 12.1 Å². The van der Waals surface area contributed by atoms with E-state index in [1.165, 1.54) is 18.9 Å². The molecule has 4 heterocycles. The van der Waals surface area contributed by atoms with Gasteiger partial charge in [0, 0.05) is 55.8 Å². The molecule has 0 saturated carbocycles. The summed E-state index contributed by atoms with van der Waals surface area (Å²) in [5, 5.41) is 16.3. The highest BCUT2D eigenvalue weighted by atomic mass is 19.1. The fourth-order valence-electron chi connectivity index (χ4n) is 10.0. The lowest BCUT2D eigenvalue weighted by atomic mass is 9.73. The lowest BCUT2D eigenvalue weighted by Crippen LogP contribution is -2.65. The minimum Gasteiger partial charge on any atom is -0.455 e. The number of carbonyl (C=O) groups is 4. The van der Waals surface area contributed by atoms with E-state index in [0.717, 1.165) is 18.1 Å². The largest absolute Gasteiger partial charge is 0.455 e. The molecule has 1 amide bonds. The normalized spacial score (nSPS) is 38.0. The van der Waals surface area contributed by atoms with Crippen molar-refractivity contribution in [3.8, 4) is 11.1 Å². The Balaban J connectivity index is 1.48. The number of hydrogen-bond donors (Lipinski definition) is 1. The Hall–Kier alpha value is -3.76. The number of fused-ring (bicyclic) bond motifs is 1. The first-order valence-electron chi connectivity index (χ1n) is 21.9. The summed E-state index contributed by atoms with van der Waals surface area (Å²) in [6, 6.07) is 8.62. The molecule has 5 rings (SSSR count). The molecule has 14 nitrogen and oxygen atoms in total. The highest BCUT2D eigenvalue weighted by Gasteiger charge is 2.62. The molecule has 15 heteroatoms. The van der Waals surface area contributed by atoms with Crippen molar-refractivity contribution in [2.24, 2.45) is 17.8 Å². The van der Waals surface area contributed by atoms with E-state index in [-0.39, 0.29) is 37.3 Å². The van der Waals surface area contributed by atoms with Crippen LogP contribution in [0.25, 0.3) is 11.1 Å². The molecule has 0 radical (unpaired) electrons. The SMILES string of the molecule is CC[C@H]1OC(=O)[C@@](C)(F)C(=O)[C@H](C)[C@@H](O[C@]2(C)O[C@H](C)C[C@H](N(C)CC)[C@H]2O)[C@](C)(OC)C[C@@H](C)C(=O)[C@H](C)[C@H]2N(CCCCn3cc(-c4ccccc4)cn3)C(=O)O[C@]12C. The van der Waals surface area contributed by atoms with Crippen molar-refractivity contribution in [3.05, 3.63) is 42.7 Å². The molecule has 0 bridgehead atoms. The number of cyclic esters (lactones) is 1. The van der Waals surface area contributed by atoms with Crippen LogP contribution in [0, 0.1) is 17.8 Å². The van der Waals surface area contributed by atoms with Crippen LogP contribution in [0.5, 0.6) is 0 Å². The number of carbonyl (C=O) groups excluding carboxylic acids is 4. The van der Waals surface area contributed by atoms with E-state index in [2.05, 4.69) is 5.10 Å². The molecule has 0 unspecified atom stereocenters. The second-order valence-electron chi connectivity index (χ2n) is 18.3. The number of ether oxygens (including phenoxy) is 5.